The van der Waals surface area contributed by atoms with Crippen LogP contribution in [0.1, 0.15) is 12.8 Å². The van der Waals surface area contributed by atoms with E-state index in [0.29, 0.717) is 72.8 Å². The lowest BCUT2D eigenvalue weighted by Crippen LogP contribution is -2.45. The number of benzene rings is 2. The van der Waals surface area contributed by atoms with Crippen molar-refractivity contribution in [3.63, 3.8) is 0 Å². The maximum absolute atomic E-state index is 14.2. The number of halogens is 3. The largest absolute Gasteiger partial charge is 0.378 e. The van der Waals surface area contributed by atoms with Crippen molar-refractivity contribution in [2.24, 2.45) is 0 Å². The first-order valence-corrected chi connectivity index (χ1v) is 11.1. The van der Waals surface area contributed by atoms with Gasteiger partial charge >= 0.3 is 6.03 Å². The molecule has 2 aliphatic heterocycles. The first-order chi connectivity index (χ1) is 15.4. The predicted octanol–water partition coefficient (Wildman–Crippen LogP) is 4.60. The summed E-state index contributed by atoms with van der Waals surface area (Å²) >= 11 is 12.0. The normalized spacial score (nSPS) is 18.5. The number of likely N-dealkylation sites (tertiary alicyclic amines) is 1. The molecule has 10 heteroatoms. The van der Waals surface area contributed by atoms with Crippen LogP contribution in [0.25, 0.3) is 0 Å². The van der Waals surface area contributed by atoms with E-state index in [-0.39, 0.29) is 5.91 Å². The molecule has 0 aromatic heterocycles. The molecule has 2 N–H and O–H groups in total. The summed E-state index contributed by atoms with van der Waals surface area (Å²) in [4.78, 5) is 29.2. The molecule has 2 saturated heterocycles. The van der Waals surface area contributed by atoms with E-state index < -0.39 is 17.9 Å². The molecule has 2 aliphatic rings. The molecular formula is C22H23Cl2FN4O3. The van der Waals surface area contributed by atoms with E-state index >= 15 is 0 Å². The minimum absolute atomic E-state index is 0.329. The van der Waals surface area contributed by atoms with Gasteiger partial charge in [-0.1, -0.05) is 23.2 Å². The second-order valence-corrected chi connectivity index (χ2v) is 8.60. The van der Waals surface area contributed by atoms with Gasteiger partial charge in [-0.05, 0) is 49.2 Å². The molecule has 7 nitrogen and oxygen atoms in total. The van der Waals surface area contributed by atoms with Crippen LogP contribution in [0.2, 0.25) is 10.0 Å². The topological polar surface area (TPSA) is 73.9 Å². The lowest BCUT2D eigenvalue weighted by atomic mass is 10.2. The fraction of sp³-hybridized carbons (Fsp3) is 0.364. The van der Waals surface area contributed by atoms with Crippen LogP contribution in [0, 0.1) is 5.82 Å². The van der Waals surface area contributed by atoms with Crippen molar-refractivity contribution in [2.45, 2.75) is 18.9 Å². The molecule has 2 heterocycles. The summed E-state index contributed by atoms with van der Waals surface area (Å²) in [5, 5.41) is 6.30. The van der Waals surface area contributed by atoms with Crippen molar-refractivity contribution in [1.29, 1.82) is 0 Å². The zero-order valence-corrected chi connectivity index (χ0v) is 18.8. The summed E-state index contributed by atoms with van der Waals surface area (Å²) in [6.45, 7) is 2.87. The van der Waals surface area contributed by atoms with Crippen LogP contribution in [0.3, 0.4) is 0 Å². The molecular weight excluding hydrogens is 458 g/mol. The fourth-order valence-corrected chi connectivity index (χ4v) is 4.51. The summed E-state index contributed by atoms with van der Waals surface area (Å²) in [7, 11) is 0. The molecule has 4 rings (SSSR count). The molecule has 1 unspecified atom stereocenters. The number of amides is 3. The van der Waals surface area contributed by atoms with E-state index in [1.807, 2.05) is 4.90 Å². The van der Waals surface area contributed by atoms with Gasteiger partial charge in [0.05, 0.1) is 13.2 Å². The van der Waals surface area contributed by atoms with Crippen LogP contribution in [0.15, 0.2) is 36.4 Å². The molecule has 1 atom stereocenters. The Hall–Kier alpha value is -2.55. The zero-order valence-electron chi connectivity index (χ0n) is 17.2. The first kappa shape index (κ1) is 22.6. The Balaban J connectivity index is 1.44. The van der Waals surface area contributed by atoms with E-state index in [4.69, 9.17) is 27.9 Å². The Morgan fingerprint density at radius 1 is 0.938 bits per heavy atom. The zero-order chi connectivity index (χ0) is 22.7. The molecule has 0 bridgehead atoms. The molecule has 3 amide bonds. The highest BCUT2D eigenvalue weighted by Gasteiger charge is 2.34. The number of urea groups is 1. The lowest BCUT2D eigenvalue weighted by Gasteiger charge is -2.29. The van der Waals surface area contributed by atoms with Crippen molar-refractivity contribution < 1.29 is 18.7 Å². The van der Waals surface area contributed by atoms with E-state index in [2.05, 4.69) is 10.6 Å². The quantitative estimate of drug-likeness (QED) is 0.670. The summed E-state index contributed by atoms with van der Waals surface area (Å²) in [6, 6.07) is 8.06. The Labute approximate surface area is 195 Å². The van der Waals surface area contributed by atoms with Crippen molar-refractivity contribution in [2.75, 3.05) is 48.4 Å². The molecule has 2 fully saturated rings. The number of anilines is 3. The van der Waals surface area contributed by atoms with Crippen molar-refractivity contribution in [3.05, 3.63) is 52.3 Å². The fourth-order valence-electron chi connectivity index (χ4n) is 3.98. The Morgan fingerprint density at radius 2 is 1.62 bits per heavy atom. The maximum Gasteiger partial charge on any atom is 0.322 e. The van der Waals surface area contributed by atoms with Crippen LogP contribution in [-0.4, -0.2) is 55.7 Å². The number of hydrogen-bond acceptors (Lipinski definition) is 4. The van der Waals surface area contributed by atoms with Crippen molar-refractivity contribution in [1.82, 2.24) is 4.90 Å². The molecule has 32 heavy (non-hydrogen) atoms. The molecule has 0 saturated carbocycles. The molecule has 0 spiro atoms. The third kappa shape index (κ3) is 5.43. The van der Waals surface area contributed by atoms with E-state index in [9.17, 15) is 14.0 Å². The van der Waals surface area contributed by atoms with Crippen LogP contribution in [-0.2, 0) is 9.53 Å². The number of morpholine rings is 1. The number of carbonyl (C=O) groups is 2. The molecule has 2 aromatic carbocycles. The average molecular weight is 481 g/mol. The van der Waals surface area contributed by atoms with Gasteiger partial charge in [0.15, 0.2) is 0 Å². The standard InChI is InChI=1S/C22H23Cl2FN4O3/c23-14-8-15(24)10-17(9-14)26-21(30)20-2-1-3-29(20)22(31)27-18-11-16(25)12-19(13-18)28-4-6-32-7-5-28/h8-13,20H,1-7H2,(H,26,30)(H,27,31). The number of rotatable bonds is 4. The van der Waals surface area contributed by atoms with Gasteiger partial charge < -0.3 is 25.2 Å². The van der Waals surface area contributed by atoms with Gasteiger partial charge in [-0.25, -0.2) is 9.18 Å². The maximum atomic E-state index is 14.2. The lowest BCUT2D eigenvalue weighted by molar-refractivity contribution is -0.119. The molecule has 2 aromatic rings. The SMILES string of the molecule is O=C(Nc1cc(Cl)cc(Cl)c1)C1CCCN1C(=O)Nc1cc(F)cc(N2CCOCC2)c1. The van der Waals surface area contributed by atoms with E-state index in [1.165, 1.54) is 17.0 Å². The van der Waals surface area contributed by atoms with Crippen LogP contribution >= 0.6 is 23.2 Å². The number of hydrogen-bond donors (Lipinski definition) is 2. The van der Waals surface area contributed by atoms with E-state index in [1.54, 1.807) is 24.3 Å². The van der Waals surface area contributed by atoms with Crippen molar-refractivity contribution in [3.8, 4) is 0 Å². The minimum atomic E-state index is -0.653. The Kier molecular flexibility index (Phi) is 7.03. The highest BCUT2D eigenvalue weighted by molar-refractivity contribution is 6.35. The number of nitrogens with zero attached hydrogens (tertiary/aromatic N) is 2. The second-order valence-electron chi connectivity index (χ2n) is 7.73. The molecule has 0 radical (unpaired) electrons. The van der Waals surface area contributed by atoms with Crippen molar-refractivity contribution >= 4 is 52.2 Å². The van der Waals surface area contributed by atoms with Gasteiger partial charge in [-0.15, -0.1) is 0 Å². The summed E-state index contributed by atoms with van der Waals surface area (Å²) < 4.78 is 19.6. The smallest absolute Gasteiger partial charge is 0.322 e. The third-order valence-electron chi connectivity index (χ3n) is 5.46. The minimum Gasteiger partial charge on any atom is -0.378 e. The first-order valence-electron chi connectivity index (χ1n) is 10.4. The number of ether oxygens (including phenoxy) is 1. The number of carbonyl (C=O) groups excluding carboxylic acids is 2. The highest BCUT2D eigenvalue weighted by Crippen LogP contribution is 2.26. The van der Waals surface area contributed by atoms with Crippen LogP contribution in [0.4, 0.5) is 26.2 Å². The van der Waals surface area contributed by atoms with Gasteiger partial charge in [0.1, 0.15) is 11.9 Å². The summed E-state index contributed by atoms with van der Waals surface area (Å²) in [5.41, 5.74) is 1.47. The Morgan fingerprint density at radius 3 is 2.34 bits per heavy atom. The highest BCUT2D eigenvalue weighted by atomic mass is 35.5. The molecule has 0 aliphatic carbocycles. The van der Waals surface area contributed by atoms with Gasteiger partial charge in [-0.3, -0.25) is 4.79 Å². The third-order valence-corrected chi connectivity index (χ3v) is 5.89. The van der Waals surface area contributed by atoms with Gasteiger partial charge in [0, 0.05) is 46.7 Å². The summed E-state index contributed by atoms with van der Waals surface area (Å²) in [6.07, 6.45) is 1.21. The van der Waals surface area contributed by atoms with Crippen LogP contribution < -0.4 is 15.5 Å². The van der Waals surface area contributed by atoms with Gasteiger partial charge in [0.25, 0.3) is 0 Å². The monoisotopic (exact) mass is 480 g/mol. The van der Waals surface area contributed by atoms with Gasteiger partial charge in [0.2, 0.25) is 5.91 Å². The summed E-state index contributed by atoms with van der Waals surface area (Å²) in [5.74, 6) is -0.776. The van der Waals surface area contributed by atoms with Gasteiger partial charge in [-0.2, -0.15) is 0 Å². The van der Waals surface area contributed by atoms with E-state index in [0.717, 1.165) is 0 Å². The molecule has 170 valence electrons. The average Bonchev–Trinajstić information content (AvgIpc) is 3.23. The van der Waals surface area contributed by atoms with Crippen LogP contribution in [0.5, 0.6) is 0 Å². The predicted molar refractivity (Wildman–Crippen MR) is 123 cm³/mol. The number of nitrogens with one attached hydrogen (secondary N) is 2. The second kappa shape index (κ2) is 9.94. The Bertz CT molecular complexity index is 996.